The molecule has 0 bridgehead atoms. The summed E-state index contributed by atoms with van der Waals surface area (Å²) in [4.78, 5) is 4.32. The van der Waals surface area contributed by atoms with Gasteiger partial charge in [0.15, 0.2) is 5.82 Å². The molecule has 0 saturated heterocycles. The lowest BCUT2D eigenvalue weighted by atomic mass is 10.4. The number of hydrogen-bond donors (Lipinski definition) is 2. The molecule has 2 aromatic rings. The normalized spacial score (nSPS) is 10.7. The van der Waals surface area contributed by atoms with Crippen LogP contribution in [0.2, 0.25) is 0 Å². The summed E-state index contributed by atoms with van der Waals surface area (Å²) < 4.78 is 1.04. The number of thiazole rings is 1. The first-order valence-corrected chi connectivity index (χ1v) is 4.61. The highest BCUT2D eigenvalue weighted by Crippen LogP contribution is 2.26. The number of fused-ring (bicyclic) bond motifs is 1. The number of aromatic nitrogens is 3. The number of nitrogen functional groups attached to an aromatic ring is 1. The number of rotatable bonds is 1. The molecule has 0 aliphatic heterocycles. The van der Waals surface area contributed by atoms with Crippen LogP contribution in [0.1, 0.15) is 10.7 Å². The second-order valence-corrected chi connectivity index (χ2v) is 3.89. The molecule has 2 aromatic heterocycles. The number of hydrogen-bond acceptors (Lipinski definition) is 6. The smallest absolute Gasteiger partial charge is 0.190 e. The predicted molar refractivity (Wildman–Crippen MR) is 52.5 cm³/mol. The van der Waals surface area contributed by atoms with Crippen LogP contribution in [0.4, 0.5) is 5.82 Å². The summed E-state index contributed by atoms with van der Waals surface area (Å²) in [7, 11) is 0. The van der Waals surface area contributed by atoms with Crippen LogP contribution in [0.3, 0.4) is 0 Å². The Morgan fingerprint density at radius 2 is 2.08 bits per heavy atom. The van der Waals surface area contributed by atoms with Crippen LogP contribution < -0.4 is 11.3 Å². The van der Waals surface area contributed by atoms with Crippen molar-refractivity contribution in [3.63, 3.8) is 0 Å². The molecule has 0 fully saturated rings. The van der Waals surface area contributed by atoms with Crippen LogP contribution in [0, 0.1) is 13.8 Å². The van der Waals surface area contributed by atoms with Gasteiger partial charge in [-0.15, -0.1) is 16.4 Å². The van der Waals surface area contributed by atoms with Crippen molar-refractivity contribution < 1.29 is 0 Å². The lowest BCUT2D eigenvalue weighted by Crippen LogP contribution is -2.10. The maximum absolute atomic E-state index is 5.29. The van der Waals surface area contributed by atoms with Gasteiger partial charge >= 0.3 is 0 Å². The number of nitrogens with zero attached hydrogens (tertiary/aromatic N) is 3. The van der Waals surface area contributed by atoms with Gasteiger partial charge < -0.3 is 5.43 Å². The second-order valence-electron chi connectivity index (χ2n) is 2.69. The SMILES string of the molecule is Cc1nc2c(NN)nnc(C)c2s1. The number of hydrazine groups is 1. The molecule has 0 atom stereocenters. The number of nitrogens with two attached hydrogens (primary N) is 1. The fraction of sp³-hybridized carbons (Fsp3) is 0.286. The van der Waals surface area contributed by atoms with E-state index in [4.69, 9.17) is 5.84 Å². The van der Waals surface area contributed by atoms with Crippen LogP contribution in [0.15, 0.2) is 0 Å². The van der Waals surface area contributed by atoms with E-state index in [1.807, 2.05) is 13.8 Å². The minimum atomic E-state index is 0.532. The molecule has 2 heterocycles. The molecular weight excluding hydrogens is 186 g/mol. The van der Waals surface area contributed by atoms with E-state index in [0.717, 1.165) is 20.9 Å². The van der Waals surface area contributed by atoms with E-state index < -0.39 is 0 Å². The maximum Gasteiger partial charge on any atom is 0.190 e. The number of aryl methyl sites for hydroxylation is 2. The molecule has 0 aromatic carbocycles. The third-order valence-electron chi connectivity index (χ3n) is 1.72. The zero-order valence-corrected chi connectivity index (χ0v) is 8.14. The third kappa shape index (κ3) is 1.24. The fourth-order valence-corrected chi connectivity index (χ4v) is 2.01. The lowest BCUT2D eigenvalue weighted by Gasteiger charge is -1.98. The van der Waals surface area contributed by atoms with Crippen LogP contribution >= 0.6 is 11.3 Å². The minimum Gasteiger partial charge on any atom is -0.305 e. The van der Waals surface area contributed by atoms with Gasteiger partial charge in [-0.1, -0.05) is 0 Å². The molecule has 0 aliphatic rings. The number of anilines is 1. The molecule has 0 aliphatic carbocycles. The molecular formula is C7H9N5S. The number of nitrogens with one attached hydrogen (secondary N) is 1. The van der Waals surface area contributed by atoms with E-state index in [0.29, 0.717) is 5.82 Å². The zero-order valence-electron chi connectivity index (χ0n) is 7.33. The van der Waals surface area contributed by atoms with E-state index in [9.17, 15) is 0 Å². The van der Waals surface area contributed by atoms with Crippen molar-refractivity contribution >= 4 is 27.4 Å². The van der Waals surface area contributed by atoms with Gasteiger partial charge in [-0.25, -0.2) is 10.8 Å². The first-order chi connectivity index (χ1) is 6.22. The second kappa shape index (κ2) is 2.90. The van der Waals surface area contributed by atoms with Gasteiger partial charge in [-0.05, 0) is 13.8 Å². The van der Waals surface area contributed by atoms with Crippen molar-refractivity contribution in [1.82, 2.24) is 15.2 Å². The van der Waals surface area contributed by atoms with E-state index in [2.05, 4.69) is 20.6 Å². The summed E-state index contributed by atoms with van der Waals surface area (Å²) in [5.74, 6) is 5.82. The molecule has 3 N–H and O–H groups in total. The topological polar surface area (TPSA) is 76.7 Å². The first kappa shape index (κ1) is 8.33. The van der Waals surface area contributed by atoms with Crippen LogP contribution in [0.5, 0.6) is 0 Å². The Morgan fingerprint density at radius 1 is 1.31 bits per heavy atom. The van der Waals surface area contributed by atoms with E-state index in [1.54, 1.807) is 11.3 Å². The first-order valence-electron chi connectivity index (χ1n) is 3.79. The lowest BCUT2D eigenvalue weighted by molar-refractivity contribution is 0.995. The van der Waals surface area contributed by atoms with Gasteiger partial charge in [0.25, 0.3) is 0 Å². The van der Waals surface area contributed by atoms with Crippen molar-refractivity contribution in [1.29, 1.82) is 0 Å². The summed E-state index contributed by atoms with van der Waals surface area (Å²) in [5, 5.41) is 8.86. The summed E-state index contributed by atoms with van der Waals surface area (Å²) in [6.07, 6.45) is 0. The summed E-state index contributed by atoms with van der Waals surface area (Å²) in [6, 6.07) is 0. The Hall–Kier alpha value is -1.27. The van der Waals surface area contributed by atoms with E-state index in [-0.39, 0.29) is 0 Å². The summed E-state index contributed by atoms with van der Waals surface area (Å²) in [6.45, 7) is 3.86. The zero-order chi connectivity index (χ0) is 9.42. The third-order valence-corrected chi connectivity index (χ3v) is 2.80. The summed E-state index contributed by atoms with van der Waals surface area (Å²) >= 11 is 1.60. The highest BCUT2D eigenvalue weighted by Gasteiger charge is 2.09. The van der Waals surface area contributed by atoms with Gasteiger partial charge in [0, 0.05) is 0 Å². The Bertz CT molecular complexity index is 449. The molecule has 0 amide bonds. The average molecular weight is 195 g/mol. The Kier molecular flexibility index (Phi) is 1.86. The van der Waals surface area contributed by atoms with Gasteiger partial charge in [-0.2, -0.15) is 5.10 Å². The summed E-state index contributed by atoms with van der Waals surface area (Å²) in [5.41, 5.74) is 4.17. The molecule has 6 heteroatoms. The monoisotopic (exact) mass is 195 g/mol. The largest absolute Gasteiger partial charge is 0.305 e. The average Bonchev–Trinajstić information content (AvgIpc) is 2.48. The van der Waals surface area contributed by atoms with Crippen LogP contribution in [-0.4, -0.2) is 15.2 Å². The molecule has 2 rings (SSSR count). The standard InChI is InChI=1S/C7H9N5S/c1-3-6-5(9-4(2)13-6)7(10-8)12-11-3/h8H2,1-2H3,(H,10,12). The van der Waals surface area contributed by atoms with Crippen molar-refractivity contribution in [3.05, 3.63) is 10.7 Å². The van der Waals surface area contributed by atoms with Crippen LogP contribution in [0.25, 0.3) is 10.2 Å². The van der Waals surface area contributed by atoms with Gasteiger partial charge in [0.1, 0.15) is 5.52 Å². The van der Waals surface area contributed by atoms with Crippen LogP contribution in [-0.2, 0) is 0 Å². The Morgan fingerprint density at radius 3 is 2.77 bits per heavy atom. The quantitative estimate of drug-likeness (QED) is 0.524. The van der Waals surface area contributed by atoms with Gasteiger partial charge in [0.2, 0.25) is 0 Å². The molecule has 0 spiro atoms. The van der Waals surface area contributed by atoms with E-state index in [1.165, 1.54) is 0 Å². The van der Waals surface area contributed by atoms with Gasteiger partial charge in [0.05, 0.1) is 15.4 Å². The molecule has 0 radical (unpaired) electrons. The molecule has 0 unspecified atom stereocenters. The van der Waals surface area contributed by atoms with Crippen molar-refractivity contribution in [2.24, 2.45) is 5.84 Å². The van der Waals surface area contributed by atoms with E-state index >= 15 is 0 Å². The molecule has 13 heavy (non-hydrogen) atoms. The Balaban J connectivity index is 2.83. The Labute approximate surface area is 79.0 Å². The fourth-order valence-electron chi connectivity index (χ4n) is 1.15. The van der Waals surface area contributed by atoms with Crippen molar-refractivity contribution in [2.45, 2.75) is 13.8 Å². The predicted octanol–water partition coefficient (Wildman–Crippen LogP) is 0.989. The molecule has 0 saturated carbocycles. The minimum absolute atomic E-state index is 0.532. The maximum atomic E-state index is 5.29. The van der Waals surface area contributed by atoms with Gasteiger partial charge in [-0.3, -0.25) is 0 Å². The molecule has 68 valence electrons. The highest BCUT2D eigenvalue weighted by atomic mass is 32.1. The molecule has 5 nitrogen and oxygen atoms in total. The van der Waals surface area contributed by atoms with Crippen molar-refractivity contribution in [2.75, 3.05) is 5.43 Å². The van der Waals surface area contributed by atoms with Crippen molar-refractivity contribution in [3.8, 4) is 0 Å². The highest BCUT2D eigenvalue weighted by molar-refractivity contribution is 7.18.